The summed E-state index contributed by atoms with van der Waals surface area (Å²) in [6.07, 6.45) is 1.77. The molecule has 2 unspecified atom stereocenters. The molecule has 0 radical (unpaired) electrons. The number of carboxylic acids is 1. The summed E-state index contributed by atoms with van der Waals surface area (Å²) < 4.78 is 0. The molecule has 1 aliphatic heterocycles. The molecule has 1 N–H and O–H groups in total. The number of carboxylic acid groups (broad SMARTS) is 1. The van der Waals surface area contributed by atoms with Gasteiger partial charge in [0.05, 0.1) is 15.9 Å². The third-order valence-corrected chi connectivity index (χ3v) is 3.56. The highest BCUT2D eigenvalue weighted by atomic mass is 35.5. The van der Waals surface area contributed by atoms with Crippen molar-refractivity contribution in [3.05, 3.63) is 27.4 Å². The van der Waals surface area contributed by atoms with E-state index in [1.54, 1.807) is 11.8 Å². The van der Waals surface area contributed by atoms with Gasteiger partial charge in [0.2, 0.25) is 5.82 Å². The van der Waals surface area contributed by atoms with Crippen LogP contribution in [-0.4, -0.2) is 33.6 Å². The van der Waals surface area contributed by atoms with Crippen LogP contribution in [0.5, 0.6) is 0 Å². The van der Waals surface area contributed by atoms with E-state index >= 15 is 0 Å². The van der Waals surface area contributed by atoms with E-state index in [9.17, 15) is 14.9 Å². The zero-order valence-corrected chi connectivity index (χ0v) is 10.9. The number of hydrogen-bond acceptors (Lipinski definition) is 5. The van der Waals surface area contributed by atoms with Crippen molar-refractivity contribution in [1.82, 2.24) is 4.98 Å². The van der Waals surface area contributed by atoms with Gasteiger partial charge in [-0.1, -0.05) is 11.6 Å². The minimum Gasteiger partial charge on any atom is -0.481 e. The molecule has 1 fully saturated rings. The van der Waals surface area contributed by atoms with Crippen LogP contribution in [0.1, 0.15) is 13.3 Å². The number of pyridine rings is 1. The van der Waals surface area contributed by atoms with Crippen LogP contribution in [0.15, 0.2) is 12.3 Å². The third-order valence-electron chi connectivity index (χ3n) is 3.35. The van der Waals surface area contributed by atoms with E-state index < -0.39 is 16.8 Å². The predicted octanol–water partition coefficient (Wildman–Crippen LogP) is 1.94. The minimum absolute atomic E-state index is 0.172. The largest absolute Gasteiger partial charge is 0.481 e. The SMILES string of the molecule is CC1C(C(=O)O)CCN1c1ncc(Cl)cc1[N+](=O)[O-]. The van der Waals surface area contributed by atoms with Crippen LogP contribution < -0.4 is 4.90 Å². The summed E-state index contributed by atoms with van der Waals surface area (Å²) in [5, 5.41) is 20.3. The second kappa shape index (κ2) is 5.00. The van der Waals surface area contributed by atoms with Crippen LogP contribution in [0.25, 0.3) is 0 Å². The Hall–Kier alpha value is -1.89. The monoisotopic (exact) mass is 285 g/mol. The Bertz CT molecular complexity index is 537. The summed E-state index contributed by atoms with van der Waals surface area (Å²) in [7, 11) is 0. The highest BCUT2D eigenvalue weighted by Crippen LogP contribution is 2.35. The highest BCUT2D eigenvalue weighted by molar-refractivity contribution is 6.30. The van der Waals surface area contributed by atoms with Gasteiger partial charge in [0.15, 0.2) is 0 Å². The summed E-state index contributed by atoms with van der Waals surface area (Å²) in [5.74, 6) is -1.27. The average molecular weight is 286 g/mol. The Morgan fingerprint density at radius 1 is 1.68 bits per heavy atom. The summed E-state index contributed by atoms with van der Waals surface area (Å²) in [5.41, 5.74) is -0.203. The van der Waals surface area contributed by atoms with Crippen molar-refractivity contribution in [2.45, 2.75) is 19.4 Å². The maximum Gasteiger partial charge on any atom is 0.313 e. The van der Waals surface area contributed by atoms with Crippen molar-refractivity contribution in [1.29, 1.82) is 0 Å². The molecule has 19 heavy (non-hydrogen) atoms. The van der Waals surface area contributed by atoms with Crippen molar-refractivity contribution in [3.8, 4) is 0 Å². The molecule has 102 valence electrons. The van der Waals surface area contributed by atoms with Gasteiger partial charge in [0, 0.05) is 24.8 Å². The number of carbonyl (C=O) groups is 1. The van der Waals surface area contributed by atoms with E-state index in [1.165, 1.54) is 12.3 Å². The van der Waals surface area contributed by atoms with Gasteiger partial charge >= 0.3 is 11.7 Å². The summed E-state index contributed by atoms with van der Waals surface area (Å²) >= 11 is 5.70. The maximum atomic E-state index is 11.1. The topological polar surface area (TPSA) is 96.6 Å². The molecule has 1 aromatic rings. The molecule has 7 nitrogen and oxygen atoms in total. The molecule has 8 heteroatoms. The molecule has 1 saturated heterocycles. The predicted molar refractivity (Wildman–Crippen MR) is 68.5 cm³/mol. The van der Waals surface area contributed by atoms with Gasteiger partial charge in [-0.3, -0.25) is 14.9 Å². The Morgan fingerprint density at radius 3 is 2.89 bits per heavy atom. The lowest BCUT2D eigenvalue weighted by Crippen LogP contribution is -2.33. The molecule has 1 aromatic heterocycles. The number of halogens is 1. The minimum atomic E-state index is -0.897. The van der Waals surface area contributed by atoms with Gasteiger partial charge in [-0.25, -0.2) is 4.98 Å². The Morgan fingerprint density at radius 2 is 2.37 bits per heavy atom. The Kier molecular flexibility index (Phi) is 3.57. The van der Waals surface area contributed by atoms with E-state index in [1.807, 2.05) is 0 Å². The first-order valence-electron chi connectivity index (χ1n) is 5.71. The van der Waals surface area contributed by atoms with E-state index in [0.717, 1.165) is 0 Å². The molecule has 0 aromatic carbocycles. The first kappa shape index (κ1) is 13.5. The number of rotatable bonds is 3. The number of aliphatic carboxylic acids is 1. The summed E-state index contributed by atoms with van der Waals surface area (Å²) in [4.78, 5) is 27.1. The second-order valence-electron chi connectivity index (χ2n) is 4.42. The smallest absolute Gasteiger partial charge is 0.313 e. The van der Waals surface area contributed by atoms with Crippen LogP contribution in [0, 0.1) is 16.0 Å². The normalized spacial score (nSPS) is 22.5. The lowest BCUT2D eigenvalue weighted by molar-refractivity contribution is -0.384. The van der Waals surface area contributed by atoms with Crippen LogP contribution in [0.3, 0.4) is 0 Å². The first-order valence-corrected chi connectivity index (χ1v) is 6.09. The van der Waals surface area contributed by atoms with Gasteiger partial charge in [-0.15, -0.1) is 0 Å². The standard InChI is InChI=1S/C11H12ClN3O4/c1-6-8(11(16)17)2-3-14(6)10-9(15(18)19)4-7(12)5-13-10/h4-6,8H,2-3H2,1H3,(H,16,17). The fraction of sp³-hybridized carbons (Fsp3) is 0.455. The van der Waals surface area contributed by atoms with Crippen LogP contribution in [-0.2, 0) is 4.79 Å². The lowest BCUT2D eigenvalue weighted by Gasteiger charge is -2.23. The van der Waals surface area contributed by atoms with E-state index in [-0.39, 0.29) is 22.6 Å². The first-order chi connectivity index (χ1) is 8.91. The fourth-order valence-electron chi connectivity index (χ4n) is 2.35. The van der Waals surface area contributed by atoms with Gasteiger partial charge < -0.3 is 10.0 Å². The lowest BCUT2D eigenvalue weighted by atomic mass is 10.0. The maximum absolute atomic E-state index is 11.1. The van der Waals surface area contributed by atoms with Gasteiger partial charge in [0.25, 0.3) is 0 Å². The Balaban J connectivity index is 2.38. The van der Waals surface area contributed by atoms with E-state index in [4.69, 9.17) is 16.7 Å². The molecule has 2 rings (SSSR count). The van der Waals surface area contributed by atoms with Gasteiger partial charge in [0.1, 0.15) is 0 Å². The average Bonchev–Trinajstić information content (AvgIpc) is 2.71. The number of nitro groups is 1. The zero-order valence-electron chi connectivity index (χ0n) is 10.1. The van der Waals surface area contributed by atoms with E-state index in [2.05, 4.69) is 4.98 Å². The van der Waals surface area contributed by atoms with Crippen molar-refractivity contribution < 1.29 is 14.8 Å². The molecule has 0 saturated carbocycles. The van der Waals surface area contributed by atoms with Crippen molar-refractivity contribution in [2.24, 2.45) is 5.92 Å². The number of nitrogens with zero attached hydrogens (tertiary/aromatic N) is 3. The van der Waals surface area contributed by atoms with Gasteiger partial charge in [-0.05, 0) is 13.3 Å². The number of hydrogen-bond donors (Lipinski definition) is 1. The van der Waals surface area contributed by atoms with Crippen molar-refractivity contribution in [3.63, 3.8) is 0 Å². The van der Waals surface area contributed by atoms with Crippen LogP contribution >= 0.6 is 11.6 Å². The summed E-state index contributed by atoms with van der Waals surface area (Å²) in [6, 6.07) is 0.884. The fourth-order valence-corrected chi connectivity index (χ4v) is 2.50. The second-order valence-corrected chi connectivity index (χ2v) is 4.86. The molecule has 0 amide bonds. The zero-order chi connectivity index (χ0) is 14.2. The number of aromatic nitrogens is 1. The molecule has 1 aliphatic rings. The molecule has 2 atom stereocenters. The quantitative estimate of drug-likeness (QED) is 0.673. The highest BCUT2D eigenvalue weighted by Gasteiger charge is 2.38. The Labute approximate surface area is 114 Å². The molecule has 0 aliphatic carbocycles. The van der Waals surface area contributed by atoms with E-state index in [0.29, 0.717) is 13.0 Å². The molecule has 2 heterocycles. The third kappa shape index (κ3) is 2.46. The van der Waals surface area contributed by atoms with Crippen molar-refractivity contribution in [2.75, 3.05) is 11.4 Å². The van der Waals surface area contributed by atoms with Crippen LogP contribution in [0.4, 0.5) is 11.5 Å². The molecular formula is C11H12ClN3O4. The van der Waals surface area contributed by atoms with Crippen LogP contribution in [0.2, 0.25) is 5.02 Å². The molecule has 0 spiro atoms. The summed E-state index contributed by atoms with van der Waals surface area (Å²) in [6.45, 7) is 2.15. The van der Waals surface area contributed by atoms with Gasteiger partial charge in [-0.2, -0.15) is 0 Å². The van der Waals surface area contributed by atoms with Crippen molar-refractivity contribution >= 4 is 29.1 Å². The molecule has 0 bridgehead atoms. The molecular weight excluding hydrogens is 274 g/mol. The number of anilines is 1.